The minimum atomic E-state index is -0.0839. The molecule has 0 aliphatic carbocycles. The van der Waals surface area contributed by atoms with E-state index in [1.54, 1.807) is 4.90 Å². The van der Waals surface area contributed by atoms with Crippen LogP contribution in [0.25, 0.3) is 6.08 Å². The summed E-state index contributed by atoms with van der Waals surface area (Å²) in [6.45, 7) is 6.56. The van der Waals surface area contributed by atoms with Crippen LogP contribution in [0.3, 0.4) is 0 Å². The Labute approximate surface area is 187 Å². The minimum absolute atomic E-state index is 0.0565. The molecular weight excluding hydrogens is 412 g/mol. The minimum Gasteiger partial charge on any atom is -0.326 e. The second kappa shape index (κ2) is 10.0. The lowest BCUT2D eigenvalue weighted by molar-refractivity contribution is -0.122. The van der Waals surface area contributed by atoms with Crippen molar-refractivity contribution in [2.75, 3.05) is 11.9 Å². The van der Waals surface area contributed by atoms with Crippen LogP contribution >= 0.6 is 24.0 Å². The van der Waals surface area contributed by atoms with Crippen LogP contribution in [0.2, 0.25) is 0 Å². The van der Waals surface area contributed by atoms with E-state index in [9.17, 15) is 9.59 Å². The highest BCUT2D eigenvalue weighted by Gasteiger charge is 2.31. The van der Waals surface area contributed by atoms with Gasteiger partial charge < -0.3 is 5.32 Å². The van der Waals surface area contributed by atoms with Crippen LogP contribution in [-0.2, 0) is 16.0 Å². The number of amides is 2. The smallest absolute Gasteiger partial charge is 0.266 e. The van der Waals surface area contributed by atoms with Gasteiger partial charge in [-0.1, -0.05) is 72.9 Å². The third kappa shape index (κ3) is 5.58. The lowest BCUT2D eigenvalue weighted by atomic mass is 10.1. The third-order valence-electron chi connectivity index (χ3n) is 5.00. The number of carbonyl (C=O) groups excluding carboxylic acids is 2. The maximum absolute atomic E-state index is 12.7. The summed E-state index contributed by atoms with van der Waals surface area (Å²) in [5.41, 5.74) is 5.28. The standard InChI is InChI=1S/C24H26N2O2S2/c1-4-18-8-10-19(11-9-18)15-21-23(28)26(24(29)30-21)13-5-6-22(27)25-20-12-7-16(2)14-17(20)3/h7-12,14-15H,4-6,13H2,1-3H3,(H,25,27)/b21-15-. The molecule has 0 aromatic heterocycles. The predicted octanol–water partition coefficient (Wildman–Crippen LogP) is 5.49. The van der Waals surface area contributed by atoms with Gasteiger partial charge in [0.15, 0.2) is 0 Å². The zero-order valence-electron chi connectivity index (χ0n) is 17.5. The quantitative estimate of drug-likeness (QED) is 0.459. The van der Waals surface area contributed by atoms with Crippen LogP contribution in [0.15, 0.2) is 47.4 Å². The summed E-state index contributed by atoms with van der Waals surface area (Å²) in [5, 5.41) is 2.94. The van der Waals surface area contributed by atoms with Crippen molar-refractivity contribution in [2.45, 2.75) is 40.0 Å². The molecule has 0 spiro atoms. The van der Waals surface area contributed by atoms with E-state index in [1.165, 1.54) is 17.3 Å². The molecule has 0 atom stereocenters. The second-order valence-electron chi connectivity index (χ2n) is 7.40. The van der Waals surface area contributed by atoms with Gasteiger partial charge in [0, 0.05) is 18.7 Å². The number of thiocarbonyl (C=S) groups is 1. The SMILES string of the molecule is CCc1ccc(/C=C2\SC(=S)N(CCCC(=O)Nc3ccc(C)cc3C)C2=O)cc1. The number of anilines is 1. The molecule has 1 heterocycles. The molecule has 1 aliphatic heterocycles. The highest BCUT2D eigenvalue weighted by Crippen LogP contribution is 2.32. The number of rotatable bonds is 7. The average molecular weight is 439 g/mol. The summed E-state index contributed by atoms with van der Waals surface area (Å²) in [6, 6.07) is 14.1. The van der Waals surface area contributed by atoms with Gasteiger partial charge in [-0.05, 0) is 55.5 Å². The molecule has 0 saturated carbocycles. The van der Waals surface area contributed by atoms with Crippen molar-refractivity contribution in [1.82, 2.24) is 4.90 Å². The van der Waals surface area contributed by atoms with Crippen molar-refractivity contribution in [3.8, 4) is 0 Å². The van der Waals surface area contributed by atoms with Gasteiger partial charge in [0.05, 0.1) is 4.91 Å². The first-order valence-corrected chi connectivity index (χ1v) is 11.3. The molecule has 30 heavy (non-hydrogen) atoms. The molecule has 0 bridgehead atoms. The van der Waals surface area contributed by atoms with E-state index in [4.69, 9.17) is 12.2 Å². The predicted molar refractivity (Wildman–Crippen MR) is 129 cm³/mol. The van der Waals surface area contributed by atoms with Crippen LogP contribution in [0.5, 0.6) is 0 Å². The lowest BCUT2D eigenvalue weighted by Crippen LogP contribution is -2.29. The van der Waals surface area contributed by atoms with Gasteiger partial charge in [0.25, 0.3) is 5.91 Å². The summed E-state index contributed by atoms with van der Waals surface area (Å²) in [6.07, 6.45) is 3.76. The van der Waals surface area contributed by atoms with Crippen molar-refractivity contribution in [1.29, 1.82) is 0 Å². The number of aryl methyl sites for hydroxylation is 3. The summed E-state index contributed by atoms with van der Waals surface area (Å²) in [5.74, 6) is -0.140. The molecule has 1 N–H and O–H groups in total. The maximum atomic E-state index is 12.7. The van der Waals surface area contributed by atoms with Gasteiger partial charge in [0.2, 0.25) is 5.91 Å². The molecule has 0 unspecified atom stereocenters. The number of thioether (sulfide) groups is 1. The van der Waals surface area contributed by atoms with Gasteiger partial charge in [-0.2, -0.15) is 0 Å². The third-order valence-corrected chi connectivity index (χ3v) is 6.38. The molecule has 3 rings (SSSR count). The molecule has 1 saturated heterocycles. The number of hydrogen-bond acceptors (Lipinski definition) is 4. The Morgan fingerprint density at radius 3 is 2.57 bits per heavy atom. The summed E-state index contributed by atoms with van der Waals surface area (Å²) in [4.78, 5) is 27.2. The average Bonchev–Trinajstić information content (AvgIpc) is 2.98. The fourth-order valence-corrected chi connectivity index (χ4v) is 4.57. The summed E-state index contributed by atoms with van der Waals surface area (Å²) < 4.78 is 0.547. The van der Waals surface area contributed by atoms with Crippen molar-refractivity contribution in [3.63, 3.8) is 0 Å². The summed E-state index contributed by atoms with van der Waals surface area (Å²) in [7, 11) is 0. The van der Waals surface area contributed by atoms with Gasteiger partial charge in [-0.15, -0.1) is 0 Å². The topological polar surface area (TPSA) is 49.4 Å². The molecule has 0 radical (unpaired) electrons. The molecule has 4 nitrogen and oxygen atoms in total. The van der Waals surface area contributed by atoms with Crippen molar-refractivity contribution >= 4 is 51.9 Å². The number of carbonyl (C=O) groups is 2. The summed E-state index contributed by atoms with van der Waals surface area (Å²) >= 11 is 6.71. The molecule has 2 aromatic carbocycles. The molecular formula is C24H26N2O2S2. The van der Waals surface area contributed by atoms with Crippen LogP contribution < -0.4 is 5.32 Å². The van der Waals surface area contributed by atoms with E-state index in [-0.39, 0.29) is 11.8 Å². The van der Waals surface area contributed by atoms with Gasteiger partial charge in [0.1, 0.15) is 4.32 Å². The van der Waals surface area contributed by atoms with E-state index >= 15 is 0 Å². The Morgan fingerprint density at radius 1 is 1.17 bits per heavy atom. The molecule has 1 fully saturated rings. The first kappa shape index (κ1) is 22.2. The van der Waals surface area contributed by atoms with E-state index in [1.807, 2.05) is 50.3 Å². The molecule has 2 amide bonds. The van der Waals surface area contributed by atoms with E-state index < -0.39 is 0 Å². The maximum Gasteiger partial charge on any atom is 0.266 e. The van der Waals surface area contributed by atoms with Crippen molar-refractivity contribution in [3.05, 3.63) is 69.6 Å². The molecule has 1 aliphatic rings. The monoisotopic (exact) mass is 438 g/mol. The van der Waals surface area contributed by atoms with Gasteiger partial charge >= 0.3 is 0 Å². The van der Waals surface area contributed by atoms with Crippen molar-refractivity contribution < 1.29 is 9.59 Å². The fourth-order valence-electron chi connectivity index (χ4n) is 3.26. The first-order chi connectivity index (χ1) is 14.4. The Bertz CT molecular complexity index is 997. The molecule has 6 heteroatoms. The number of nitrogens with one attached hydrogen (secondary N) is 1. The van der Waals surface area contributed by atoms with Crippen LogP contribution in [0.4, 0.5) is 5.69 Å². The van der Waals surface area contributed by atoms with Crippen LogP contribution in [-0.4, -0.2) is 27.6 Å². The van der Waals surface area contributed by atoms with Crippen molar-refractivity contribution in [2.24, 2.45) is 0 Å². The Morgan fingerprint density at radius 2 is 1.90 bits per heavy atom. The number of hydrogen-bond donors (Lipinski definition) is 1. The molecule has 2 aromatic rings. The van der Waals surface area contributed by atoms with Gasteiger partial charge in [-0.3, -0.25) is 14.5 Å². The van der Waals surface area contributed by atoms with E-state index in [2.05, 4.69) is 24.4 Å². The highest BCUT2D eigenvalue weighted by atomic mass is 32.2. The fraction of sp³-hybridized carbons (Fsp3) is 0.292. The first-order valence-electron chi connectivity index (χ1n) is 10.1. The van der Waals surface area contributed by atoms with Crippen LogP contribution in [0.1, 0.15) is 42.0 Å². The Balaban J connectivity index is 1.54. The number of benzene rings is 2. The Hall–Kier alpha value is -2.44. The zero-order valence-corrected chi connectivity index (χ0v) is 19.2. The lowest BCUT2D eigenvalue weighted by Gasteiger charge is -2.14. The molecule has 156 valence electrons. The highest BCUT2D eigenvalue weighted by molar-refractivity contribution is 8.26. The number of nitrogens with zero attached hydrogens (tertiary/aromatic N) is 1. The van der Waals surface area contributed by atoms with Crippen LogP contribution in [0, 0.1) is 13.8 Å². The largest absolute Gasteiger partial charge is 0.326 e. The Kier molecular flexibility index (Phi) is 7.45. The van der Waals surface area contributed by atoms with Gasteiger partial charge in [-0.25, -0.2) is 0 Å². The van der Waals surface area contributed by atoms with E-state index in [0.717, 1.165) is 28.8 Å². The second-order valence-corrected chi connectivity index (χ2v) is 9.07. The zero-order chi connectivity index (χ0) is 21.7. The van der Waals surface area contributed by atoms with E-state index in [0.29, 0.717) is 28.6 Å². The normalized spacial score (nSPS) is 15.2.